The molecule has 0 saturated carbocycles. The second-order valence-corrected chi connectivity index (χ2v) is 4.64. The Kier molecular flexibility index (Phi) is 3.66. The van der Waals surface area contributed by atoms with E-state index < -0.39 is 11.4 Å². The third-order valence-corrected chi connectivity index (χ3v) is 3.70. The predicted molar refractivity (Wildman–Crippen MR) is 67.5 cm³/mol. The summed E-state index contributed by atoms with van der Waals surface area (Å²) < 4.78 is 18.9. The van der Waals surface area contributed by atoms with Gasteiger partial charge in [-0.1, -0.05) is 6.92 Å². The van der Waals surface area contributed by atoms with Crippen molar-refractivity contribution in [3.8, 4) is 5.75 Å². The molecule has 0 radical (unpaired) electrons. The van der Waals surface area contributed by atoms with Crippen molar-refractivity contribution < 1.29 is 13.9 Å². The van der Waals surface area contributed by atoms with Gasteiger partial charge in [-0.3, -0.25) is 4.79 Å². The summed E-state index contributed by atoms with van der Waals surface area (Å²) in [6.07, 6.45) is 2.41. The summed E-state index contributed by atoms with van der Waals surface area (Å²) in [5.74, 6) is -0.238. The van der Waals surface area contributed by atoms with Crippen LogP contribution in [0.4, 0.5) is 4.39 Å². The van der Waals surface area contributed by atoms with E-state index in [1.807, 2.05) is 6.92 Å². The van der Waals surface area contributed by atoms with E-state index in [4.69, 9.17) is 4.74 Å². The Hall–Kier alpha value is -1.42. The molecule has 1 unspecified atom stereocenters. The molecule has 1 aliphatic rings. The van der Waals surface area contributed by atoms with Crippen LogP contribution in [0.3, 0.4) is 0 Å². The summed E-state index contributed by atoms with van der Waals surface area (Å²) in [6, 6.07) is 4.38. The van der Waals surface area contributed by atoms with E-state index in [0.717, 1.165) is 19.4 Å². The topological polar surface area (TPSA) is 38.3 Å². The molecule has 1 fully saturated rings. The van der Waals surface area contributed by atoms with Gasteiger partial charge in [0.15, 0.2) is 5.78 Å². The van der Waals surface area contributed by atoms with Crippen molar-refractivity contribution in [2.24, 2.45) is 0 Å². The third-order valence-electron chi connectivity index (χ3n) is 3.70. The molecule has 1 aromatic carbocycles. The molecule has 98 valence electrons. The number of carbonyl (C=O) groups is 1. The second-order valence-electron chi connectivity index (χ2n) is 4.64. The molecular weight excluding hydrogens is 233 g/mol. The molecule has 2 rings (SSSR count). The molecule has 1 aliphatic heterocycles. The van der Waals surface area contributed by atoms with Gasteiger partial charge >= 0.3 is 0 Å². The number of benzene rings is 1. The fourth-order valence-electron chi connectivity index (χ4n) is 2.53. The van der Waals surface area contributed by atoms with Crippen molar-refractivity contribution in [2.75, 3.05) is 13.7 Å². The Morgan fingerprint density at radius 3 is 2.83 bits per heavy atom. The first-order chi connectivity index (χ1) is 8.63. The lowest BCUT2D eigenvalue weighted by Crippen LogP contribution is -2.47. The Labute approximate surface area is 106 Å². The zero-order valence-electron chi connectivity index (χ0n) is 10.8. The van der Waals surface area contributed by atoms with Gasteiger partial charge in [0.05, 0.1) is 18.2 Å². The van der Waals surface area contributed by atoms with Gasteiger partial charge in [0.1, 0.15) is 11.6 Å². The van der Waals surface area contributed by atoms with Crippen LogP contribution < -0.4 is 10.1 Å². The minimum absolute atomic E-state index is 0.145. The van der Waals surface area contributed by atoms with E-state index in [1.165, 1.54) is 19.2 Å². The van der Waals surface area contributed by atoms with Gasteiger partial charge < -0.3 is 10.1 Å². The molecule has 1 heterocycles. The average molecular weight is 251 g/mol. The van der Waals surface area contributed by atoms with E-state index in [9.17, 15) is 9.18 Å². The first kappa shape index (κ1) is 13.0. The number of ketones is 1. The van der Waals surface area contributed by atoms with Gasteiger partial charge in [0.2, 0.25) is 0 Å². The van der Waals surface area contributed by atoms with Gasteiger partial charge in [-0.2, -0.15) is 0 Å². The van der Waals surface area contributed by atoms with Crippen LogP contribution in [-0.2, 0) is 0 Å². The quantitative estimate of drug-likeness (QED) is 0.836. The van der Waals surface area contributed by atoms with Crippen molar-refractivity contribution in [3.63, 3.8) is 0 Å². The van der Waals surface area contributed by atoms with E-state index in [2.05, 4.69) is 5.32 Å². The maximum absolute atomic E-state index is 13.9. The van der Waals surface area contributed by atoms with Gasteiger partial charge in [-0.05, 0) is 37.9 Å². The Bertz CT molecular complexity index is 453. The lowest BCUT2D eigenvalue weighted by Gasteiger charge is -2.26. The summed E-state index contributed by atoms with van der Waals surface area (Å²) in [5.41, 5.74) is -0.442. The van der Waals surface area contributed by atoms with Crippen LogP contribution in [0, 0.1) is 5.82 Å². The summed E-state index contributed by atoms with van der Waals surface area (Å²) in [7, 11) is 1.47. The SMILES string of the molecule is CCC1(C(=O)c2ccc(OC)cc2F)CCCN1. The largest absolute Gasteiger partial charge is 0.497 e. The molecule has 0 bridgehead atoms. The fourth-order valence-corrected chi connectivity index (χ4v) is 2.53. The maximum Gasteiger partial charge on any atom is 0.185 e. The Balaban J connectivity index is 2.33. The molecule has 1 atom stereocenters. The summed E-state index contributed by atoms with van der Waals surface area (Å²) in [5, 5.41) is 3.23. The number of ether oxygens (including phenoxy) is 1. The van der Waals surface area contributed by atoms with E-state index in [1.54, 1.807) is 6.07 Å². The molecule has 3 nitrogen and oxygen atoms in total. The monoisotopic (exact) mass is 251 g/mol. The molecular formula is C14H18FNO2. The number of hydrogen-bond acceptors (Lipinski definition) is 3. The summed E-state index contributed by atoms with van der Waals surface area (Å²) >= 11 is 0. The predicted octanol–water partition coefficient (Wildman–Crippen LogP) is 2.55. The summed E-state index contributed by atoms with van der Waals surface area (Å²) in [4.78, 5) is 12.5. The highest BCUT2D eigenvalue weighted by atomic mass is 19.1. The van der Waals surface area contributed by atoms with Crippen LogP contribution in [0.15, 0.2) is 18.2 Å². The molecule has 1 aromatic rings. The van der Waals surface area contributed by atoms with Crippen molar-refractivity contribution in [2.45, 2.75) is 31.7 Å². The maximum atomic E-state index is 13.9. The van der Waals surface area contributed by atoms with Crippen molar-refractivity contribution >= 4 is 5.78 Å². The van der Waals surface area contributed by atoms with Crippen LogP contribution >= 0.6 is 0 Å². The van der Waals surface area contributed by atoms with Crippen LogP contribution in [0.5, 0.6) is 5.75 Å². The van der Waals surface area contributed by atoms with Gasteiger partial charge in [0.25, 0.3) is 0 Å². The number of nitrogens with one attached hydrogen (secondary N) is 1. The number of Topliss-reactive ketones (excluding diaryl/α,β-unsaturated/α-hetero) is 1. The highest BCUT2D eigenvalue weighted by Gasteiger charge is 2.40. The molecule has 0 aliphatic carbocycles. The Morgan fingerprint density at radius 2 is 2.33 bits per heavy atom. The van der Waals surface area contributed by atoms with E-state index >= 15 is 0 Å². The van der Waals surface area contributed by atoms with E-state index in [0.29, 0.717) is 12.2 Å². The average Bonchev–Trinajstić information content (AvgIpc) is 2.87. The lowest BCUT2D eigenvalue weighted by molar-refractivity contribution is 0.0859. The van der Waals surface area contributed by atoms with E-state index in [-0.39, 0.29) is 11.3 Å². The van der Waals surface area contributed by atoms with Crippen molar-refractivity contribution in [1.82, 2.24) is 5.32 Å². The zero-order valence-corrected chi connectivity index (χ0v) is 10.8. The number of hydrogen-bond donors (Lipinski definition) is 1. The van der Waals surface area contributed by atoms with Crippen molar-refractivity contribution in [3.05, 3.63) is 29.6 Å². The highest BCUT2D eigenvalue weighted by Crippen LogP contribution is 2.29. The highest BCUT2D eigenvalue weighted by molar-refractivity contribution is 6.03. The normalized spacial score (nSPS) is 23.1. The van der Waals surface area contributed by atoms with Crippen molar-refractivity contribution in [1.29, 1.82) is 0 Å². The number of carbonyl (C=O) groups excluding carboxylic acids is 1. The second kappa shape index (κ2) is 5.06. The smallest absolute Gasteiger partial charge is 0.185 e. The molecule has 0 spiro atoms. The standard InChI is InChI=1S/C14H18FNO2/c1-3-14(7-4-8-16-14)13(17)11-6-5-10(18-2)9-12(11)15/h5-6,9,16H,3-4,7-8H2,1-2H3. The first-order valence-corrected chi connectivity index (χ1v) is 6.26. The first-order valence-electron chi connectivity index (χ1n) is 6.26. The van der Waals surface area contributed by atoms with Gasteiger partial charge in [-0.25, -0.2) is 4.39 Å². The van der Waals surface area contributed by atoms with Crippen LogP contribution in [0.2, 0.25) is 0 Å². The van der Waals surface area contributed by atoms with Crippen LogP contribution in [0.25, 0.3) is 0 Å². The van der Waals surface area contributed by atoms with Crippen LogP contribution in [-0.4, -0.2) is 25.0 Å². The van der Waals surface area contributed by atoms with Gasteiger partial charge in [-0.15, -0.1) is 0 Å². The zero-order chi connectivity index (χ0) is 13.2. The minimum atomic E-state index is -0.588. The van der Waals surface area contributed by atoms with Crippen LogP contribution in [0.1, 0.15) is 36.5 Å². The molecule has 0 aromatic heterocycles. The van der Waals surface area contributed by atoms with Gasteiger partial charge in [0, 0.05) is 6.07 Å². The summed E-state index contributed by atoms with van der Waals surface area (Å²) in [6.45, 7) is 2.77. The Morgan fingerprint density at radius 1 is 1.56 bits per heavy atom. The fraction of sp³-hybridized carbons (Fsp3) is 0.500. The molecule has 4 heteroatoms. The number of rotatable bonds is 4. The lowest BCUT2D eigenvalue weighted by atomic mass is 9.85. The number of halogens is 1. The molecule has 1 saturated heterocycles. The molecule has 0 amide bonds. The third kappa shape index (κ3) is 2.12. The molecule has 18 heavy (non-hydrogen) atoms. The minimum Gasteiger partial charge on any atom is -0.497 e. The molecule has 1 N–H and O–H groups in total. The number of methoxy groups -OCH3 is 1.